The smallest absolute Gasteiger partial charge is 0.163 e. The van der Waals surface area contributed by atoms with Crippen LogP contribution in [0.25, 0.3) is 0 Å². The summed E-state index contributed by atoms with van der Waals surface area (Å²) >= 11 is 0. The van der Waals surface area contributed by atoms with Gasteiger partial charge in [-0.05, 0) is 12.5 Å². The summed E-state index contributed by atoms with van der Waals surface area (Å²) in [5.41, 5.74) is 2.63. The number of nitrogens with two attached hydrogens (primary N) is 1. The highest BCUT2D eigenvalue weighted by molar-refractivity contribution is 5.23. The molecule has 0 saturated heterocycles. The second kappa shape index (κ2) is 5.89. The number of hydrogen-bond acceptors (Lipinski definition) is 3. The highest BCUT2D eigenvalue weighted by Gasteiger charge is 2.24. The molecule has 0 aliphatic carbocycles. The first-order chi connectivity index (χ1) is 7.65. The van der Waals surface area contributed by atoms with E-state index in [0.29, 0.717) is 6.42 Å². The first kappa shape index (κ1) is 13.0. The van der Waals surface area contributed by atoms with Gasteiger partial charge in [0.25, 0.3) is 0 Å². The predicted molar refractivity (Wildman–Crippen MR) is 57.5 cm³/mol. The largest absolute Gasteiger partial charge is 0.379 e. The minimum absolute atomic E-state index is 0.177. The Balaban J connectivity index is 3.07. The number of halogens is 2. The summed E-state index contributed by atoms with van der Waals surface area (Å²) in [6, 6.07) is 3.44. The summed E-state index contributed by atoms with van der Waals surface area (Å²) in [4.78, 5) is 0. The van der Waals surface area contributed by atoms with Gasteiger partial charge in [-0.15, -0.1) is 0 Å². The molecular weight excluding hydrogens is 214 g/mol. The van der Waals surface area contributed by atoms with E-state index in [-0.39, 0.29) is 11.7 Å². The van der Waals surface area contributed by atoms with Crippen LogP contribution in [-0.4, -0.2) is 13.2 Å². The van der Waals surface area contributed by atoms with E-state index in [0.717, 1.165) is 6.07 Å². The molecule has 0 radical (unpaired) electrons. The van der Waals surface area contributed by atoms with Crippen molar-refractivity contribution in [3.8, 4) is 0 Å². The zero-order valence-electron chi connectivity index (χ0n) is 9.34. The molecule has 2 unspecified atom stereocenters. The second-order valence-corrected chi connectivity index (χ2v) is 3.47. The normalized spacial score (nSPS) is 14.8. The molecule has 3 nitrogen and oxygen atoms in total. The van der Waals surface area contributed by atoms with Crippen LogP contribution < -0.4 is 11.3 Å². The molecule has 5 heteroatoms. The van der Waals surface area contributed by atoms with Crippen molar-refractivity contribution in [1.82, 2.24) is 5.43 Å². The van der Waals surface area contributed by atoms with E-state index in [9.17, 15) is 8.78 Å². The quantitative estimate of drug-likeness (QED) is 0.600. The zero-order valence-corrected chi connectivity index (χ0v) is 9.34. The van der Waals surface area contributed by atoms with Crippen LogP contribution in [0.1, 0.15) is 24.9 Å². The minimum atomic E-state index is -0.888. The maximum absolute atomic E-state index is 13.5. The maximum atomic E-state index is 13.5. The molecule has 0 aromatic heterocycles. The van der Waals surface area contributed by atoms with E-state index in [1.165, 1.54) is 19.2 Å². The monoisotopic (exact) mass is 230 g/mol. The molecule has 0 saturated carbocycles. The Morgan fingerprint density at radius 1 is 1.44 bits per heavy atom. The molecule has 1 rings (SSSR count). The van der Waals surface area contributed by atoms with Crippen LogP contribution >= 0.6 is 0 Å². The van der Waals surface area contributed by atoms with Crippen LogP contribution in [-0.2, 0) is 4.74 Å². The molecule has 1 aromatic rings. The number of benzene rings is 1. The predicted octanol–water partition coefficient (Wildman–Crippen LogP) is 1.89. The van der Waals surface area contributed by atoms with Gasteiger partial charge >= 0.3 is 0 Å². The Hall–Kier alpha value is -1.04. The molecule has 0 aliphatic rings. The third kappa shape index (κ3) is 2.55. The molecular formula is C11H16F2N2O. The number of rotatable bonds is 5. The summed E-state index contributed by atoms with van der Waals surface area (Å²) in [5.74, 6) is 3.58. The van der Waals surface area contributed by atoms with Gasteiger partial charge in [-0.25, -0.2) is 8.78 Å². The van der Waals surface area contributed by atoms with E-state index in [1.807, 2.05) is 6.92 Å². The summed E-state index contributed by atoms with van der Waals surface area (Å²) in [7, 11) is 1.51. The van der Waals surface area contributed by atoms with Gasteiger partial charge in [0, 0.05) is 12.7 Å². The van der Waals surface area contributed by atoms with Crippen LogP contribution in [0.3, 0.4) is 0 Å². The molecule has 0 bridgehead atoms. The van der Waals surface area contributed by atoms with Gasteiger partial charge in [-0.1, -0.05) is 19.1 Å². The minimum Gasteiger partial charge on any atom is -0.379 e. The fourth-order valence-electron chi connectivity index (χ4n) is 1.70. The van der Waals surface area contributed by atoms with Crippen molar-refractivity contribution in [2.45, 2.75) is 25.5 Å². The third-order valence-electron chi connectivity index (χ3n) is 2.57. The van der Waals surface area contributed by atoms with Crippen molar-refractivity contribution in [3.05, 3.63) is 35.4 Å². The number of ether oxygens (including phenoxy) is 1. The lowest BCUT2D eigenvalue weighted by molar-refractivity contribution is 0.0637. The molecule has 0 fully saturated rings. The van der Waals surface area contributed by atoms with Gasteiger partial charge in [-0.2, -0.15) is 0 Å². The standard InChI is InChI=1S/C11H16F2N2O/c1-3-9(16-2)11(15-14)7-5-4-6-8(12)10(7)13/h4-6,9,11,15H,3,14H2,1-2H3. The molecule has 3 N–H and O–H groups in total. The first-order valence-corrected chi connectivity index (χ1v) is 5.08. The first-order valence-electron chi connectivity index (χ1n) is 5.08. The summed E-state index contributed by atoms with van der Waals surface area (Å²) in [6.07, 6.45) is 0.336. The van der Waals surface area contributed by atoms with E-state index in [1.54, 1.807) is 0 Å². The van der Waals surface area contributed by atoms with E-state index in [2.05, 4.69) is 5.43 Å². The topological polar surface area (TPSA) is 47.3 Å². The van der Waals surface area contributed by atoms with Gasteiger partial charge in [0.1, 0.15) is 0 Å². The van der Waals surface area contributed by atoms with Gasteiger partial charge in [0.2, 0.25) is 0 Å². The molecule has 0 aliphatic heterocycles. The second-order valence-electron chi connectivity index (χ2n) is 3.47. The van der Waals surface area contributed by atoms with Crippen molar-refractivity contribution in [3.63, 3.8) is 0 Å². The Labute approximate surface area is 93.6 Å². The maximum Gasteiger partial charge on any atom is 0.163 e. The van der Waals surface area contributed by atoms with Gasteiger partial charge < -0.3 is 4.74 Å². The number of hydrazine groups is 1. The lowest BCUT2D eigenvalue weighted by atomic mass is 9.99. The molecule has 0 spiro atoms. The molecule has 16 heavy (non-hydrogen) atoms. The van der Waals surface area contributed by atoms with Gasteiger partial charge in [0.15, 0.2) is 11.6 Å². The van der Waals surface area contributed by atoms with Crippen LogP contribution in [0.4, 0.5) is 8.78 Å². The summed E-state index contributed by atoms with van der Waals surface area (Å²) in [5, 5.41) is 0. The van der Waals surface area contributed by atoms with Crippen molar-refractivity contribution in [2.24, 2.45) is 5.84 Å². The van der Waals surface area contributed by atoms with E-state index >= 15 is 0 Å². The third-order valence-corrected chi connectivity index (χ3v) is 2.57. The average Bonchev–Trinajstić information content (AvgIpc) is 2.30. The molecule has 2 atom stereocenters. The lowest BCUT2D eigenvalue weighted by Crippen LogP contribution is -2.38. The fraction of sp³-hybridized carbons (Fsp3) is 0.455. The van der Waals surface area contributed by atoms with E-state index < -0.39 is 17.7 Å². The molecule has 1 aromatic carbocycles. The highest BCUT2D eigenvalue weighted by atomic mass is 19.2. The van der Waals surface area contributed by atoms with Gasteiger partial charge in [-0.3, -0.25) is 11.3 Å². The Bertz CT molecular complexity index is 343. The van der Waals surface area contributed by atoms with Gasteiger partial charge in [0.05, 0.1) is 12.1 Å². The van der Waals surface area contributed by atoms with Crippen molar-refractivity contribution in [2.75, 3.05) is 7.11 Å². The van der Waals surface area contributed by atoms with Crippen molar-refractivity contribution in [1.29, 1.82) is 0 Å². The van der Waals surface area contributed by atoms with Crippen LogP contribution in [0.5, 0.6) is 0 Å². The van der Waals surface area contributed by atoms with Crippen LogP contribution in [0, 0.1) is 11.6 Å². The van der Waals surface area contributed by atoms with Crippen LogP contribution in [0.15, 0.2) is 18.2 Å². The lowest BCUT2D eigenvalue weighted by Gasteiger charge is -2.25. The Kier molecular flexibility index (Phi) is 4.79. The van der Waals surface area contributed by atoms with E-state index in [4.69, 9.17) is 10.6 Å². The number of hydrogen-bond donors (Lipinski definition) is 2. The fourth-order valence-corrected chi connectivity index (χ4v) is 1.70. The van der Waals surface area contributed by atoms with Crippen molar-refractivity contribution < 1.29 is 13.5 Å². The summed E-state index contributed by atoms with van der Waals surface area (Å²) < 4.78 is 31.8. The number of methoxy groups -OCH3 is 1. The molecule has 0 amide bonds. The zero-order chi connectivity index (χ0) is 12.1. The molecule has 0 heterocycles. The summed E-state index contributed by atoms with van der Waals surface area (Å²) in [6.45, 7) is 1.88. The number of nitrogens with one attached hydrogen (secondary N) is 1. The van der Waals surface area contributed by atoms with Crippen LogP contribution in [0.2, 0.25) is 0 Å². The Morgan fingerprint density at radius 3 is 2.62 bits per heavy atom. The molecule has 90 valence electrons. The SMILES string of the molecule is CCC(OC)C(NN)c1cccc(F)c1F. The highest BCUT2D eigenvalue weighted by Crippen LogP contribution is 2.24. The van der Waals surface area contributed by atoms with Crippen molar-refractivity contribution >= 4 is 0 Å². The average molecular weight is 230 g/mol. The Morgan fingerprint density at radius 2 is 2.12 bits per heavy atom.